The highest BCUT2D eigenvalue weighted by molar-refractivity contribution is 5.94. The second-order valence-corrected chi connectivity index (χ2v) is 5.52. The van der Waals surface area contributed by atoms with Gasteiger partial charge in [-0.3, -0.25) is 9.78 Å². The number of aromatic hydroxyl groups is 1. The van der Waals surface area contributed by atoms with Crippen molar-refractivity contribution in [1.82, 2.24) is 19.4 Å². The van der Waals surface area contributed by atoms with Crippen molar-refractivity contribution in [2.75, 3.05) is 13.6 Å². The first kappa shape index (κ1) is 13.6. The zero-order chi connectivity index (χ0) is 14.8. The zero-order valence-corrected chi connectivity index (χ0v) is 11.9. The van der Waals surface area contributed by atoms with Crippen molar-refractivity contribution < 1.29 is 9.90 Å². The molecule has 3 rings (SSSR count). The van der Waals surface area contributed by atoms with Gasteiger partial charge in [-0.25, -0.2) is 4.98 Å². The molecule has 2 aromatic rings. The van der Waals surface area contributed by atoms with Crippen LogP contribution in [-0.2, 0) is 13.0 Å². The summed E-state index contributed by atoms with van der Waals surface area (Å²) in [5.41, 5.74) is 0.414. The molecule has 0 radical (unpaired) electrons. The lowest BCUT2D eigenvalue weighted by atomic mass is 9.98. The van der Waals surface area contributed by atoms with Crippen molar-refractivity contribution in [1.29, 1.82) is 0 Å². The molecule has 0 aromatic carbocycles. The summed E-state index contributed by atoms with van der Waals surface area (Å²) in [5.74, 6) is 1.44. The summed E-state index contributed by atoms with van der Waals surface area (Å²) >= 11 is 0. The van der Waals surface area contributed by atoms with Gasteiger partial charge in [0.2, 0.25) is 0 Å². The average molecular weight is 286 g/mol. The highest BCUT2D eigenvalue weighted by Crippen LogP contribution is 2.20. The van der Waals surface area contributed by atoms with Crippen LogP contribution >= 0.6 is 0 Å². The number of hydrogen-bond acceptors (Lipinski definition) is 4. The molecule has 21 heavy (non-hydrogen) atoms. The van der Waals surface area contributed by atoms with Gasteiger partial charge in [-0.1, -0.05) is 0 Å². The molecule has 1 amide bonds. The van der Waals surface area contributed by atoms with Gasteiger partial charge in [0.05, 0.1) is 11.8 Å². The van der Waals surface area contributed by atoms with Gasteiger partial charge in [-0.05, 0) is 18.4 Å². The van der Waals surface area contributed by atoms with E-state index in [4.69, 9.17) is 0 Å². The molecule has 6 nitrogen and oxygen atoms in total. The van der Waals surface area contributed by atoms with E-state index < -0.39 is 0 Å². The van der Waals surface area contributed by atoms with Crippen molar-refractivity contribution in [3.8, 4) is 5.75 Å². The van der Waals surface area contributed by atoms with E-state index in [9.17, 15) is 9.90 Å². The number of carbonyl (C=O) groups is 1. The Morgan fingerprint density at radius 1 is 1.52 bits per heavy atom. The molecule has 0 saturated carbocycles. The monoisotopic (exact) mass is 286 g/mol. The minimum atomic E-state index is -0.116. The SMILES string of the molecule is CN(C[C@H]1CCc2nccn2C1)C(=O)c1cncc(O)c1. The number of rotatable bonds is 3. The van der Waals surface area contributed by atoms with Gasteiger partial charge < -0.3 is 14.6 Å². The minimum absolute atomic E-state index is 0.00923. The Balaban J connectivity index is 1.64. The van der Waals surface area contributed by atoms with Crippen LogP contribution in [0.5, 0.6) is 5.75 Å². The molecule has 0 aliphatic carbocycles. The maximum atomic E-state index is 12.3. The van der Waals surface area contributed by atoms with Crippen molar-refractivity contribution in [2.45, 2.75) is 19.4 Å². The van der Waals surface area contributed by atoms with Gasteiger partial charge in [-0.15, -0.1) is 0 Å². The molecule has 2 aromatic heterocycles. The summed E-state index contributed by atoms with van der Waals surface area (Å²) in [6.45, 7) is 1.58. The largest absolute Gasteiger partial charge is 0.506 e. The first-order valence-corrected chi connectivity index (χ1v) is 7.03. The summed E-state index contributed by atoms with van der Waals surface area (Å²) in [4.78, 5) is 22.2. The van der Waals surface area contributed by atoms with Crippen LogP contribution in [0.1, 0.15) is 22.6 Å². The average Bonchev–Trinajstić information content (AvgIpc) is 2.94. The van der Waals surface area contributed by atoms with Crippen LogP contribution in [0.25, 0.3) is 0 Å². The molecular weight excluding hydrogens is 268 g/mol. The smallest absolute Gasteiger partial charge is 0.255 e. The minimum Gasteiger partial charge on any atom is -0.506 e. The Kier molecular flexibility index (Phi) is 3.60. The van der Waals surface area contributed by atoms with Crippen LogP contribution in [-0.4, -0.2) is 44.0 Å². The van der Waals surface area contributed by atoms with E-state index in [1.165, 1.54) is 18.5 Å². The van der Waals surface area contributed by atoms with E-state index >= 15 is 0 Å². The fourth-order valence-electron chi connectivity index (χ4n) is 2.82. The highest BCUT2D eigenvalue weighted by atomic mass is 16.3. The molecular formula is C15H18N4O2. The van der Waals surface area contributed by atoms with E-state index in [2.05, 4.69) is 14.5 Å². The van der Waals surface area contributed by atoms with Gasteiger partial charge in [0.15, 0.2) is 0 Å². The van der Waals surface area contributed by atoms with E-state index in [-0.39, 0.29) is 11.7 Å². The Labute approximate surface area is 123 Å². The van der Waals surface area contributed by atoms with Crippen molar-refractivity contribution in [2.24, 2.45) is 5.92 Å². The zero-order valence-electron chi connectivity index (χ0n) is 11.9. The lowest BCUT2D eigenvalue weighted by molar-refractivity contribution is 0.0759. The molecule has 0 saturated heterocycles. The first-order chi connectivity index (χ1) is 10.1. The maximum Gasteiger partial charge on any atom is 0.255 e. The number of aromatic nitrogens is 3. The number of aryl methyl sites for hydroxylation is 1. The summed E-state index contributed by atoms with van der Waals surface area (Å²) in [6, 6.07) is 1.45. The molecule has 3 heterocycles. The van der Waals surface area contributed by atoms with Crippen LogP contribution < -0.4 is 0 Å². The Morgan fingerprint density at radius 2 is 2.38 bits per heavy atom. The van der Waals surface area contributed by atoms with Gasteiger partial charge in [0.25, 0.3) is 5.91 Å². The lowest BCUT2D eigenvalue weighted by Crippen LogP contribution is -2.35. The molecule has 1 N–H and O–H groups in total. The van der Waals surface area contributed by atoms with Crippen molar-refractivity contribution >= 4 is 5.91 Å². The van der Waals surface area contributed by atoms with Gasteiger partial charge in [0, 0.05) is 45.1 Å². The number of imidazole rings is 1. The number of hydrogen-bond donors (Lipinski definition) is 1. The van der Waals surface area contributed by atoms with E-state index in [1.807, 2.05) is 12.4 Å². The maximum absolute atomic E-state index is 12.3. The van der Waals surface area contributed by atoms with Crippen LogP contribution in [0, 0.1) is 5.92 Å². The topological polar surface area (TPSA) is 71.2 Å². The first-order valence-electron chi connectivity index (χ1n) is 7.03. The summed E-state index contributed by atoms with van der Waals surface area (Å²) in [7, 11) is 1.79. The fraction of sp³-hybridized carbons (Fsp3) is 0.400. The molecule has 0 bridgehead atoms. The van der Waals surface area contributed by atoms with E-state index in [1.54, 1.807) is 11.9 Å². The van der Waals surface area contributed by atoms with Crippen LogP contribution in [0.4, 0.5) is 0 Å². The normalized spacial score (nSPS) is 17.3. The summed E-state index contributed by atoms with van der Waals surface area (Å²) < 4.78 is 2.16. The Morgan fingerprint density at radius 3 is 3.19 bits per heavy atom. The molecule has 1 aliphatic rings. The van der Waals surface area contributed by atoms with Gasteiger partial charge in [-0.2, -0.15) is 0 Å². The molecule has 0 unspecified atom stereocenters. The lowest BCUT2D eigenvalue weighted by Gasteiger charge is -2.28. The van der Waals surface area contributed by atoms with E-state index in [0.29, 0.717) is 18.0 Å². The Hall–Kier alpha value is -2.37. The van der Waals surface area contributed by atoms with Crippen LogP contribution in [0.2, 0.25) is 0 Å². The summed E-state index contributed by atoms with van der Waals surface area (Å²) in [5, 5.41) is 9.41. The van der Waals surface area contributed by atoms with E-state index in [0.717, 1.165) is 25.2 Å². The van der Waals surface area contributed by atoms with Crippen LogP contribution in [0.15, 0.2) is 30.9 Å². The third-order valence-electron chi connectivity index (χ3n) is 3.88. The number of fused-ring (bicyclic) bond motifs is 1. The van der Waals surface area contributed by atoms with Gasteiger partial charge in [0.1, 0.15) is 11.6 Å². The molecule has 1 atom stereocenters. The van der Waals surface area contributed by atoms with Crippen molar-refractivity contribution in [3.05, 3.63) is 42.2 Å². The Bertz CT molecular complexity index is 653. The number of nitrogens with zero attached hydrogens (tertiary/aromatic N) is 4. The van der Waals surface area contributed by atoms with Gasteiger partial charge >= 0.3 is 0 Å². The fourth-order valence-corrected chi connectivity index (χ4v) is 2.82. The molecule has 1 aliphatic heterocycles. The number of amides is 1. The second kappa shape index (κ2) is 5.55. The van der Waals surface area contributed by atoms with Crippen LogP contribution in [0.3, 0.4) is 0 Å². The predicted octanol–water partition coefficient (Wildman–Crippen LogP) is 1.32. The molecule has 6 heteroatoms. The summed E-state index contributed by atoms with van der Waals surface area (Å²) in [6.07, 6.45) is 8.60. The predicted molar refractivity (Wildman–Crippen MR) is 76.9 cm³/mol. The third kappa shape index (κ3) is 2.89. The molecule has 0 spiro atoms. The second-order valence-electron chi connectivity index (χ2n) is 5.52. The standard InChI is InChI=1S/C15H18N4O2/c1-18(15(21)12-6-13(20)8-16-7-12)9-11-2-3-14-17-4-5-19(14)10-11/h4-8,11,20H,2-3,9-10H2,1H3/t11-/m1/s1. The quantitative estimate of drug-likeness (QED) is 0.923. The number of carbonyl (C=O) groups excluding carboxylic acids is 1. The third-order valence-corrected chi connectivity index (χ3v) is 3.88. The number of pyridine rings is 1. The molecule has 0 fully saturated rings. The molecule has 110 valence electrons. The van der Waals surface area contributed by atoms with Crippen molar-refractivity contribution in [3.63, 3.8) is 0 Å². The highest BCUT2D eigenvalue weighted by Gasteiger charge is 2.22.